The van der Waals surface area contributed by atoms with Crippen LogP contribution < -0.4 is 5.43 Å². The standard InChI is InChI=1S/C17H18N2O2S/c20-17(18-19-7-9-21-10-8-19)15-11-13-6-5-12-3-1-2-4-14(12)16(13)22-15/h1-4,11H,5-10H2,(H,18,20). The maximum atomic E-state index is 12.5. The second-order valence-corrected chi connectivity index (χ2v) is 6.71. The molecule has 0 spiro atoms. The number of rotatable bonds is 2. The molecule has 1 fully saturated rings. The number of carbonyl (C=O) groups is 1. The van der Waals surface area contributed by atoms with Gasteiger partial charge < -0.3 is 4.74 Å². The lowest BCUT2D eigenvalue weighted by atomic mass is 9.91. The molecule has 1 aliphatic heterocycles. The van der Waals surface area contributed by atoms with Crippen LogP contribution in [0.25, 0.3) is 10.4 Å². The molecule has 0 atom stereocenters. The van der Waals surface area contributed by atoms with Crippen molar-refractivity contribution >= 4 is 17.2 Å². The minimum absolute atomic E-state index is 0.00113. The number of fused-ring (bicyclic) bond motifs is 3. The number of hydrogen-bond donors (Lipinski definition) is 1. The highest BCUT2D eigenvalue weighted by Crippen LogP contribution is 2.39. The lowest BCUT2D eigenvalue weighted by molar-refractivity contribution is 0.0127. The highest BCUT2D eigenvalue weighted by molar-refractivity contribution is 7.17. The molecule has 1 aromatic heterocycles. The minimum atomic E-state index is -0.00113. The zero-order valence-corrected chi connectivity index (χ0v) is 13.1. The first kappa shape index (κ1) is 13.9. The zero-order chi connectivity index (χ0) is 14.9. The van der Waals surface area contributed by atoms with Gasteiger partial charge in [0, 0.05) is 18.0 Å². The molecule has 2 aliphatic rings. The van der Waals surface area contributed by atoms with Crippen LogP contribution in [0.2, 0.25) is 0 Å². The van der Waals surface area contributed by atoms with Crippen molar-refractivity contribution in [3.8, 4) is 10.4 Å². The van der Waals surface area contributed by atoms with Crippen LogP contribution in [0.4, 0.5) is 0 Å². The number of nitrogens with one attached hydrogen (secondary N) is 1. The number of amides is 1. The fourth-order valence-corrected chi connectivity index (χ4v) is 4.22. The third kappa shape index (κ3) is 2.56. The van der Waals surface area contributed by atoms with Gasteiger partial charge in [-0.05, 0) is 35.6 Å². The van der Waals surface area contributed by atoms with E-state index in [-0.39, 0.29) is 5.91 Å². The number of thiophene rings is 1. The lowest BCUT2D eigenvalue weighted by Gasteiger charge is -2.26. The predicted molar refractivity (Wildman–Crippen MR) is 87.0 cm³/mol. The van der Waals surface area contributed by atoms with Crippen LogP contribution in [-0.4, -0.2) is 37.2 Å². The summed E-state index contributed by atoms with van der Waals surface area (Å²) in [5.41, 5.74) is 6.97. The molecule has 114 valence electrons. The maximum absolute atomic E-state index is 12.5. The van der Waals surface area contributed by atoms with Gasteiger partial charge in [0.2, 0.25) is 0 Å². The normalized spacial score (nSPS) is 17.6. The molecule has 2 heterocycles. The van der Waals surface area contributed by atoms with Gasteiger partial charge in [0.15, 0.2) is 0 Å². The molecule has 2 aromatic rings. The van der Waals surface area contributed by atoms with E-state index in [2.05, 4.69) is 35.8 Å². The summed E-state index contributed by atoms with van der Waals surface area (Å²) in [6.45, 7) is 2.85. The Labute approximate surface area is 133 Å². The van der Waals surface area contributed by atoms with Gasteiger partial charge >= 0.3 is 0 Å². The monoisotopic (exact) mass is 314 g/mol. The Bertz CT molecular complexity index is 704. The summed E-state index contributed by atoms with van der Waals surface area (Å²) >= 11 is 1.60. The van der Waals surface area contributed by atoms with Gasteiger partial charge in [-0.2, -0.15) is 0 Å². The van der Waals surface area contributed by atoms with Crippen LogP contribution in [0.3, 0.4) is 0 Å². The summed E-state index contributed by atoms with van der Waals surface area (Å²) in [5.74, 6) is -0.00113. The Morgan fingerprint density at radius 2 is 1.91 bits per heavy atom. The van der Waals surface area contributed by atoms with E-state index in [9.17, 15) is 4.79 Å². The van der Waals surface area contributed by atoms with E-state index in [1.165, 1.54) is 21.6 Å². The molecular formula is C17H18N2O2S. The van der Waals surface area contributed by atoms with Gasteiger partial charge in [0.05, 0.1) is 18.1 Å². The Morgan fingerprint density at radius 3 is 2.77 bits per heavy atom. The first-order chi connectivity index (χ1) is 10.8. The Kier molecular flexibility index (Phi) is 3.70. The van der Waals surface area contributed by atoms with Gasteiger partial charge in [0.1, 0.15) is 0 Å². The highest BCUT2D eigenvalue weighted by atomic mass is 32.1. The first-order valence-corrected chi connectivity index (χ1v) is 8.47. The number of hydrazine groups is 1. The van der Waals surface area contributed by atoms with Gasteiger partial charge in [-0.1, -0.05) is 24.3 Å². The predicted octanol–water partition coefficient (Wildman–Crippen LogP) is 2.49. The van der Waals surface area contributed by atoms with Gasteiger partial charge in [0.25, 0.3) is 5.91 Å². The van der Waals surface area contributed by atoms with E-state index in [0.717, 1.165) is 30.8 Å². The molecular weight excluding hydrogens is 296 g/mol. The Hall–Kier alpha value is -1.69. The number of benzene rings is 1. The average Bonchev–Trinajstić information content (AvgIpc) is 3.00. The van der Waals surface area contributed by atoms with Crippen LogP contribution in [0.15, 0.2) is 30.3 Å². The fraction of sp³-hybridized carbons (Fsp3) is 0.353. The maximum Gasteiger partial charge on any atom is 0.275 e. The summed E-state index contributed by atoms with van der Waals surface area (Å²) in [5, 5.41) is 1.94. The molecule has 0 bridgehead atoms. The molecule has 0 radical (unpaired) electrons. The number of hydrogen-bond acceptors (Lipinski definition) is 4. The smallest absolute Gasteiger partial charge is 0.275 e. The number of aryl methyl sites for hydroxylation is 2. The summed E-state index contributed by atoms with van der Waals surface area (Å²) < 4.78 is 5.30. The van der Waals surface area contributed by atoms with Crippen molar-refractivity contribution in [3.63, 3.8) is 0 Å². The lowest BCUT2D eigenvalue weighted by Crippen LogP contribution is -2.48. The van der Waals surface area contributed by atoms with Crippen molar-refractivity contribution in [2.75, 3.05) is 26.3 Å². The first-order valence-electron chi connectivity index (χ1n) is 7.66. The van der Waals surface area contributed by atoms with Crippen molar-refractivity contribution in [2.45, 2.75) is 12.8 Å². The van der Waals surface area contributed by atoms with Crippen molar-refractivity contribution in [1.82, 2.24) is 10.4 Å². The molecule has 0 unspecified atom stereocenters. The molecule has 1 saturated heterocycles. The molecule has 1 N–H and O–H groups in total. The third-order valence-corrected chi connectivity index (χ3v) is 5.44. The summed E-state index contributed by atoms with van der Waals surface area (Å²) in [6, 6.07) is 10.6. The van der Waals surface area contributed by atoms with Gasteiger partial charge in [-0.15, -0.1) is 11.3 Å². The van der Waals surface area contributed by atoms with Crippen molar-refractivity contribution in [3.05, 3.63) is 46.3 Å². The van der Waals surface area contributed by atoms with Crippen molar-refractivity contribution < 1.29 is 9.53 Å². The molecule has 4 rings (SSSR count). The summed E-state index contributed by atoms with van der Waals surface area (Å²) in [7, 11) is 0. The van der Waals surface area contributed by atoms with Crippen LogP contribution >= 0.6 is 11.3 Å². The van der Waals surface area contributed by atoms with E-state index in [0.29, 0.717) is 13.2 Å². The SMILES string of the molecule is O=C(NN1CCOCC1)c1cc2c(s1)-c1ccccc1CC2. The van der Waals surface area contributed by atoms with Gasteiger partial charge in [-0.25, -0.2) is 5.01 Å². The van der Waals surface area contributed by atoms with Crippen LogP contribution in [-0.2, 0) is 17.6 Å². The van der Waals surface area contributed by atoms with Crippen molar-refractivity contribution in [2.24, 2.45) is 0 Å². The highest BCUT2D eigenvalue weighted by Gasteiger charge is 2.22. The number of carbonyl (C=O) groups excluding carboxylic acids is 1. The third-order valence-electron chi connectivity index (χ3n) is 4.23. The fourth-order valence-electron chi connectivity index (χ4n) is 3.06. The van der Waals surface area contributed by atoms with E-state index >= 15 is 0 Å². The molecule has 1 amide bonds. The van der Waals surface area contributed by atoms with E-state index in [4.69, 9.17) is 4.74 Å². The van der Waals surface area contributed by atoms with Crippen LogP contribution in [0.1, 0.15) is 20.8 Å². The number of nitrogens with zero attached hydrogens (tertiary/aromatic N) is 1. The minimum Gasteiger partial charge on any atom is -0.379 e. The molecule has 1 aliphatic carbocycles. The second kappa shape index (κ2) is 5.83. The average molecular weight is 314 g/mol. The summed E-state index contributed by atoms with van der Waals surface area (Å²) in [6.07, 6.45) is 2.08. The summed E-state index contributed by atoms with van der Waals surface area (Å²) in [4.78, 5) is 14.5. The van der Waals surface area contributed by atoms with E-state index in [1.807, 2.05) is 5.01 Å². The second-order valence-electron chi connectivity index (χ2n) is 5.66. The molecule has 0 saturated carbocycles. The van der Waals surface area contributed by atoms with Crippen LogP contribution in [0.5, 0.6) is 0 Å². The van der Waals surface area contributed by atoms with Gasteiger partial charge in [-0.3, -0.25) is 10.2 Å². The zero-order valence-electron chi connectivity index (χ0n) is 12.3. The number of ether oxygens (including phenoxy) is 1. The van der Waals surface area contributed by atoms with Crippen molar-refractivity contribution in [1.29, 1.82) is 0 Å². The van der Waals surface area contributed by atoms with Crippen LogP contribution in [0, 0.1) is 0 Å². The van der Waals surface area contributed by atoms with E-state index in [1.54, 1.807) is 11.3 Å². The largest absolute Gasteiger partial charge is 0.379 e. The molecule has 22 heavy (non-hydrogen) atoms. The molecule has 1 aromatic carbocycles. The molecule has 5 heteroatoms. The van der Waals surface area contributed by atoms with E-state index < -0.39 is 0 Å². The Balaban J connectivity index is 1.57. The number of morpholine rings is 1. The topological polar surface area (TPSA) is 41.6 Å². The molecule has 4 nitrogen and oxygen atoms in total. The Morgan fingerprint density at radius 1 is 1.14 bits per heavy atom. The quantitative estimate of drug-likeness (QED) is 0.926.